The van der Waals surface area contributed by atoms with E-state index < -0.39 is 27.6 Å². The van der Waals surface area contributed by atoms with Crippen molar-refractivity contribution in [1.29, 1.82) is 0 Å². The van der Waals surface area contributed by atoms with E-state index in [0.29, 0.717) is 0 Å². The summed E-state index contributed by atoms with van der Waals surface area (Å²) in [5.41, 5.74) is -0.596. The van der Waals surface area contributed by atoms with Gasteiger partial charge in [-0.05, 0) is 6.07 Å². The van der Waals surface area contributed by atoms with Gasteiger partial charge in [-0.1, -0.05) is 0 Å². The third-order valence-corrected chi connectivity index (χ3v) is 3.61. The summed E-state index contributed by atoms with van der Waals surface area (Å²) in [4.78, 5) is 32.9. The molecule has 10 nitrogen and oxygen atoms in total. The molecule has 0 saturated carbocycles. The quantitative estimate of drug-likeness (QED) is 0.478. The molecule has 0 aromatic heterocycles. The number of hydrogen-bond donors (Lipinski definition) is 1. The number of anilines is 1. The lowest BCUT2D eigenvalue weighted by molar-refractivity contribution is -0.393. The molecular formula is C13H15N3O7. The minimum absolute atomic E-state index is 0.00772. The highest BCUT2D eigenvalue weighted by molar-refractivity contribution is 5.67. The normalized spacial score (nSPS) is 20.3. The van der Waals surface area contributed by atoms with E-state index in [4.69, 9.17) is 4.74 Å². The second kappa shape index (κ2) is 6.57. The predicted octanol–water partition coefficient (Wildman–Crippen LogP) is 0.863. The zero-order valence-corrected chi connectivity index (χ0v) is 12.2. The van der Waals surface area contributed by atoms with Crippen LogP contribution in [-0.2, 0) is 9.53 Å². The fourth-order valence-corrected chi connectivity index (χ4v) is 2.48. The lowest BCUT2D eigenvalue weighted by atomic mass is 10.1. The Bertz CT molecular complexity index is 648. The molecule has 1 aromatic carbocycles. The Morgan fingerprint density at radius 2 is 2.04 bits per heavy atom. The van der Waals surface area contributed by atoms with Gasteiger partial charge in [-0.15, -0.1) is 0 Å². The lowest BCUT2D eigenvalue weighted by Gasteiger charge is -2.18. The van der Waals surface area contributed by atoms with E-state index >= 15 is 0 Å². The first-order valence-corrected chi connectivity index (χ1v) is 6.78. The number of β-amino-alcohol motifs (C(OH)–C–C–N with tert-alkyl or cyclic N) is 1. The van der Waals surface area contributed by atoms with Gasteiger partial charge >= 0.3 is 5.97 Å². The molecule has 1 aromatic rings. The van der Waals surface area contributed by atoms with E-state index in [2.05, 4.69) is 0 Å². The summed E-state index contributed by atoms with van der Waals surface area (Å²) in [6.45, 7) is 1.62. The Balaban J connectivity index is 2.23. The van der Waals surface area contributed by atoms with Gasteiger partial charge in [0.05, 0.1) is 28.6 Å². The zero-order valence-electron chi connectivity index (χ0n) is 12.2. The predicted molar refractivity (Wildman–Crippen MR) is 78.1 cm³/mol. The van der Waals surface area contributed by atoms with Crippen molar-refractivity contribution in [3.63, 3.8) is 0 Å². The summed E-state index contributed by atoms with van der Waals surface area (Å²) in [5.74, 6) is -0.856. The molecule has 1 N–H and O–H groups in total. The molecule has 1 fully saturated rings. The highest BCUT2D eigenvalue weighted by Gasteiger charge is 2.35. The molecule has 23 heavy (non-hydrogen) atoms. The fourth-order valence-electron chi connectivity index (χ4n) is 2.48. The van der Waals surface area contributed by atoms with Crippen molar-refractivity contribution in [2.24, 2.45) is 5.92 Å². The number of carbonyl (C=O) groups excluding carboxylic acids is 1. The molecule has 1 saturated heterocycles. The zero-order chi connectivity index (χ0) is 17.1. The number of ether oxygens (including phenoxy) is 1. The first-order chi connectivity index (χ1) is 10.8. The fraction of sp³-hybridized carbons (Fsp3) is 0.462. The van der Waals surface area contributed by atoms with Gasteiger partial charge in [-0.2, -0.15) is 0 Å². The van der Waals surface area contributed by atoms with Gasteiger partial charge in [0.1, 0.15) is 5.69 Å². The molecule has 10 heteroatoms. The molecule has 0 amide bonds. The average Bonchev–Trinajstić information content (AvgIpc) is 2.85. The van der Waals surface area contributed by atoms with Gasteiger partial charge in [-0.25, -0.2) is 0 Å². The molecule has 0 radical (unpaired) electrons. The van der Waals surface area contributed by atoms with Crippen molar-refractivity contribution in [3.05, 3.63) is 38.4 Å². The van der Waals surface area contributed by atoms with E-state index in [-0.39, 0.29) is 37.0 Å². The third kappa shape index (κ3) is 3.72. The Morgan fingerprint density at radius 3 is 2.61 bits per heavy atom. The van der Waals surface area contributed by atoms with Crippen molar-refractivity contribution < 1.29 is 24.5 Å². The van der Waals surface area contributed by atoms with Crippen LogP contribution in [0, 0.1) is 26.1 Å². The van der Waals surface area contributed by atoms with E-state index in [9.17, 15) is 30.1 Å². The molecule has 2 rings (SSSR count). The first kappa shape index (κ1) is 16.6. The van der Waals surface area contributed by atoms with E-state index in [1.54, 1.807) is 4.90 Å². The second-order valence-electron chi connectivity index (χ2n) is 5.22. The molecule has 1 heterocycles. The summed E-state index contributed by atoms with van der Waals surface area (Å²) in [6.07, 6.45) is -0.816. The van der Waals surface area contributed by atoms with Crippen LogP contribution < -0.4 is 4.90 Å². The minimum Gasteiger partial charge on any atom is -0.465 e. The summed E-state index contributed by atoms with van der Waals surface area (Å²) in [7, 11) is 0. The molecule has 0 spiro atoms. The van der Waals surface area contributed by atoms with Crippen LogP contribution in [0.5, 0.6) is 0 Å². The van der Waals surface area contributed by atoms with Crippen molar-refractivity contribution in [1.82, 2.24) is 0 Å². The number of carbonyl (C=O) groups is 1. The lowest BCUT2D eigenvalue weighted by Crippen LogP contribution is -2.23. The van der Waals surface area contributed by atoms with Crippen LogP contribution in [0.15, 0.2) is 18.2 Å². The maximum atomic E-state index is 11.2. The minimum atomic E-state index is -0.816. The van der Waals surface area contributed by atoms with E-state index in [1.807, 2.05) is 0 Å². The number of non-ortho nitro benzene ring substituents is 1. The van der Waals surface area contributed by atoms with E-state index in [0.717, 1.165) is 6.07 Å². The summed E-state index contributed by atoms with van der Waals surface area (Å²) in [6, 6.07) is 3.35. The number of aliphatic hydroxyl groups excluding tert-OH is 1. The monoisotopic (exact) mass is 325 g/mol. The van der Waals surface area contributed by atoms with Crippen molar-refractivity contribution in [2.75, 3.05) is 24.6 Å². The standard InChI is InChI=1S/C13H15N3O7/c1-8(17)23-7-9-5-14(6-13(9)18)11-3-2-10(15(19)20)4-12(11)16(21)22/h2-4,9,13,18H,5-7H2,1H3/t9-,13+/m0/s1. The Labute approximate surface area is 130 Å². The van der Waals surface area contributed by atoms with Crippen LogP contribution >= 0.6 is 0 Å². The smallest absolute Gasteiger partial charge is 0.302 e. The van der Waals surface area contributed by atoms with Crippen LogP contribution in [0.3, 0.4) is 0 Å². The van der Waals surface area contributed by atoms with Gasteiger partial charge in [0.25, 0.3) is 11.4 Å². The van der Waals surface area contributed by atoms with Gasteiger partial charge in [0.15, 0.2) is 0 Å². The van der Waals surface area contributed by atoms with E-state index in [1.165, 1.54) is 19.1 Å². The molecule has 0 aliphatic carbocycles. The number of benzene rings is 1. The molecule has 1 aliphatic heterocycles. The SMILES string of the molecule is CC(=O)OC[C@@H]1CN(c2ccc([N+](=O)[O-])cc2[N+](=O)[O-])C[C@H]1O. The van der Waals surface area contributed by atoms with Crippen LogP contribution in [0.4, 0.5) is 17.1 Å². The molecule has 124 valence electrons. The van der Waals surface area contributed by atoms with Gasteiger partial charge in [0.2, 0.25) is 0 Å². The molecule has 1 aliphatic rings. The number of nitrogens with zero attached hydrogens (tertiary/aromatic N) is 3. The van der Waals surface area contributed by atoms with Crippen molar-refractivity contribution in [3.8, 4) is 0 Å². The summed E-state index contributed by atoms with van der Waals surface area (Å²) < 4.78 is 4.86. The highest BCUT2D eigenvalue weighted by Crippen LogP contribution is 2.35. The number of nitro groups is 2. The Morgan fingerprint density at radius 1 is 1.35 bits per heavy atom. The number of aliphatic hydroxyl groups is 1. The highest BCUT2D eigenvalue weighted by atomic mass is 16.6. The third-order valence-electron chi connectivity index (χ3n) is 3.61. The topological polar surface area (TPSA) is 136 Å². The first-order valence-electron chi connectivity index (χ1n) is 6.78. The molecule has 0 bridgehead atoms. The maximum Gasteiger partial charge on any atom is 0.302 e. The largest absolute Gasteiger partial charge is 0.465 e. The average molecular weight is 325 g/mol. The van der Waals surface area contributed by atoms with Crippen LogP contribution in [-0.4, -0.2) is 46.7 Å². The van der Waals surface area contributed by atoms with Gasteiger partial charge in [0, 0.05) is 32.0 Å². The summed E-state index contributed by atoms with van der Waals surface area (Å²) in [5, 5.41) is 31.9. The number of esters is 1. The van der Waals surface area contributed by atoms with Crippen molar-refractivity contribution >= 4 is 23.0 Å². The molecular weight excluding hydrogens is 310 g/mol. The van der Waals surface area contributed by atoms with Crippen molar-refractivity contribution in [2.45, 2.75) is 13.0 Å². The van der Waals surface area contributed by atoms with Crippen LogP contribution in [0.1, 0.15) is 6.92 Å². The number of hydrogen-bond acceptors (Lipinski definition) is 8. The number of nitro benzene ring substituents is 2. The second-order valence-corrected chi connectivity index (χ2v) is 5.22. The molecule has 0 unspecified atom stereocenters. The van der Waals surface area contributed by atoms with Gasteiger partial charge < -0.3 is 14.7 Å². The Hall–Kier alpha value is -2.75. The van der Waals surface area contributed by atoms with Gasteiger partial charge in [-0.3, -0.25) is 25.0 Å². The van der Waals surface area contributed by atoms with Crippen LogP contribution in [0.25, 0.3) is 0 Å². The molecule has 2 atom stereocenters. The Kier molecular flexibility index (Phi) is 4.74. The number of rotatable bonds is 5. The van der Waals surface area contributed by atoms with Crippen LogP contribution in [0.2, 0.25) is 0 Å². The summed E-state index contributed by atoms with van der Waals surface area (Å²) >= 11 is 0. The maximum absolute atomic E-state index is 11.2.